The fraction of sp³-hybridized carbons (Fsp3) is 0.886. The van der Waals surface area contributed by atoms with Crippen LogP contribution in [0.1, 0.15) is 106 Å². The van der Waals surface area contributed by atoms with Gasteiger partial charge in [-0.15, -0.1) is 0 Å². The minimum absolute atomic E-state index is 0.0829. The molecule has 1 unspecified atom stereocenters. The molecule has 6 heteroatoms. The summed E-state index contributed by atoms with van der Waals surface area (Å²) in [5.74, 6) is 4.74. The van der Waals surface area contributed by atoms with Gasteiger partial charge in [0, 0.05) is 0 Å². The molecule has 4 rings (SSSR count). The Hall–Kier alpha value is -0.760. The fourth-order valence-electron chi connectivity index (χ4n) is 8.83. The van der Waals surface area contributed by atoms with Crippen molar-refractivity contribution < 1.29 is 29.9 Å². The Balaban J connectivity index is 1.41. The van der Waals surface area contributed by atoms with Crippen LogP contribution >= 0.6 is 0 Å². The molecular formula is C35H60O6. The van der Waals surface area contributed by atoms with Crippen molar-refractivity contribution in [2.75, 3.05) is 6.61 Å². The molecule has 1 aliphatic heterocycles. The van der Waals surface area contributed by atoms with Gasteiger partial charge in [0.2, 0.25) is 0 Å². The molecule has 0 aromatic rings. The van der Waals surface area contributed by atoms with E-state index < -0.39 is 37.3 Å². The highest BCUT2D eigenvalue weighted by molar-refractivity contribution is 5.27. The van der Waals surface area contributed by atoms with Gasteiger partial charge in [-0.3, -0.25) is 0 Å². The van der Waals surface area contributed by atoms with Crippen molar-refractivity contribution in [3.8, 4) is 0 Å². The lowest BCUT2D eigenvalue weighted by Crippen LogP contribution is -2.60. The third-order valence-electron chi connectivity index (χ3n) is 11.9. The van der Waals surface area contributed by atoms with Crippen LogP contribution in [0.3, 0.4) is 0 Å². The van der Waals surface area contributed by atoms with Crippen molar-refractivity contribution in [3.05, 3.63) is 23.8 Å². The van der Waals surface area contributed by atoms with Crippen LogP contribution in [0.4, 0.5) is 0 Å². The molecule has 1 saturated heterocycles. The van der Waals surface area contributed by atoms with E-state index in [1.165, 1.54) is 25.7 Å². The van der Waals surface area contributed by atoms with Crippen LogP contribution in [0.5, 0.6) is 0 Å². The molecule has 236 valence electrons. The molecule has 4 aliphatic rings. The summed E-state index contributed by atoms with van der Waals surface area (Å²) in [6.45, 7) is 14.1. The summed E-state index contributed by atoms with van der Waals surface area (Å²) in [6, 6.07) is 0. The van der Waals surface area contributed by atoms with E-state index in [0.717, 1.165) is 62.2 Å². The summed E-state index contributed by atoms with van der Waals surface area (Å²) in [7, 11) is 0. The van der Waals surface area contributed by atoms with Crippen LogP contribution in [-0.4, -0.2) is 63.8 Å². The van der Waals surface area contributed by atoms with E-state index in [9.17, 15) is 20.4 Å². The summed E-state index contributed by atoms with van der Waals surface area (Å²) in [6.07, 6.45) is 12.9. The molecule has 2 saturated carbocycles. The molecular weight excluding hydrogens is 516 g/mol. The standard InChI is InChI=1S/C35H60O6/c1-7-24(21(2)3)13-11-22(4)28-10-8-9-25-14-15-26-19-27(17-18-35(26,6)29(25)16-12-23(28)5)40-34-33(39)32(38)31(37)30(20-36)41-34/h8-9,16,21-28,30-34,36-39H,7,10-15,17-20H2,1-6H3/b9-8+,29-16+/t22-,23+,24-,25-,26?,27+,28-,30-,31-,32+,33-,34-,35+/m1/s1. The van der Waals surface area contributed by atoms with E-state index >= 15 is 0 Å². The Labute approximate surface area is 249 Å². The van der Waals surface area contributed by atoms with Crippen LogP contribution in [-0.2, 0) is 9.47 Å². The summed E-state index contributed by atoms with van der Waals surface area (Å²) in [5.41, 5.74) is 1.77. The van der Waals surface area contributed by atoms with Gasteiger partial charge in [0.25, 0.3) is 0 Å². The van der Waals surface area contributed by atoms with Gasteiger partial charge < -0.3 is 29.9 Å². The Morgan fingerprint density at radius 2 is 1.78 bits per heavy atom. The number of fused-ring (bicyclic) bond motifs is 3. The van der Waals surface area contributed by atoms with Gasteiger partial charge in [-0.2, -0.15) is 0 Å². The second-order valence-corrected chi connectivity index (χ2v) is 14.7. The van der Waals surface area contributed by atoms with Crippen molar-refractivity contribution >= 4 is 0 Å². The zero-order valence-corrected chi connectivity index (χ0v) is 26.6. The number of ether oxygens (including phenoxy) is 2. The topological polar surface area (TPSA) is 99.4 Å². The van der Waals surface area contributed by atoms with Gasteiger partial charge in [0.1, 0.15) is 24.4 Å². The predicted octanol–water partition coefficient (Wildman–Crippen LogP) is 6.02. The van der Waals surface area contributed by atoms with Gasteiger partial charge >= 0.3 is 0 Å². The molecule has 0 radical (unpaired) electrons. The smallest absolute Gasteiger partial charge is 0.186 e. The number of rotatable bonds is 9. The maximum absolute atomic E-state index is 10.5. The maximum Gasteiger partial charge on any atom is 0.186 e. The lowest BCUT2D eigenvalue weighted by Gasteiger charge is -2.52. The lowest BCUT2D eigenvalue weighted by molar-refractivity contribution is -0.315. The highest BCUT2D eigenvalue weighted by Crippen LogP contribution is 2.56. The number of hydrogen-bond donors (Lipinski definition) is 4. The number of aliphatic hydroxyl groups is 4. The average molecular weight is 577 g/mol. The Bertz CT molecular complexity index is 884. The Morgan fingerprint density at radius 1 is 1.02 bits per heavy atom. The molecule has 4 N–H and O–H groups in total. The monoisotopic (exact) mass is 576 g/mol. The summed E-state index contributed by atoms with van der Waals surface area (Å²) in [5, 5.41) is 40.4. The van der Waals surface area contributed by atoms with Crippen LogP contribution in [0.25, 0.3) is 0 Å². The lowest BCUT2D eigenvalue weighted by atomic mass is 9.54. The SMILES string of the molecule is CC[C@H](CC[C@@H](C)[C@H]1C/C=C/[C@@H]2CCC3C[C@@H](O[C@@H]4O[C@H](CO)[C@@H](O)[C@H](O)[C@H]4O)CC[C@]3(C)/C2=C/C[C@@H]1C)C(C)C. The van der Waals surface area contributed by atoms with Crippen molar-refractivity contribution in [1.29, 1.82) is 0 Å². The highest BCUT2D eigenvalue weighted by atomic mass is 16.7. The van der Waals surface area contributed by atoms with Gasteiger partial charge in [0.05, 0.1) is 12.7 Å². The van der Waals surface area contributed by atoms with E-state index in [4.69, 9.17) is 9.47 Å². The molecule has 13 atom stereocenters. The molecule has 0 bridgehead atoms. The third-order valence-corrected chi connectivity index (χ3v) is 11.9. The molecule has 3 fully saturated rings. The van der Waals surface area contributed by atoms with Crippen molar-refractivity contribution in [1.82, 2.24) is 0 Å². The zero-order valence-electron chi connectivity index (χ0n) is 26.6. The largest absolute Gasteiger partial charge is 0.394 e. The molecule has 0 aromatic carbocycles. The summed E-state index contributed by atoms with van der Waals surface area (Å²) in [4.78, 5) is 0. The molecule has 0 amide bonds. The number of allylic oxidation sites excluding steroid dienone is 4. The first-order valence-corrected chi connectivity index (χ1v) is 16.8. The molecule has 6 nitrogen and oxygen atoms in total. The van der Waals surface area contributed by atoms with Crippen molar-refractivity contribution in [2.24, 2.45) is 46.8 Å². The quantitative estimate of drug-likeness (QED) is 0.198. The van der Waals surface area contributed by atoms with Gasteiger partial charge in [0.15, 0.2) is 6.29 Å². The molecule has 0 aromatic heterocycles. The highest BCUT2D eigenvalue weighted by Gasteiger charge is 2.49. The van der Waals surface area contributed by atoms with E-state index in [1.54, 1.807) is 5.57 Å². The van der Waals surface area contributed by atoms with E-state index in [1.807, 2.05) is 0 Å². The first kappa shape index (κ1) is 33.1. The van der Waals surface area contributed by atoms with E-state index in [0.29, 0.717) is 17.8 Å². The minimum Gasteiger partial charge on any atom is -0.394 e. The molecule has 41 heavy (non-hydrogen) atoms. The second kappa shape index (κ2) is 14.3. The maximum atomic E-state index is 10.5. The summed E-state index contributed by atoms with van der Waals surface area (Å²) >= 11 is 0. The fourth-order valence-corrected chi connectivity index (χ4v) is 8.83. The molecule has 3 aliphatic carbocycles. The van der Waals surface area contributed by atoms with Crippen molar-refractivity contribution in [3.63, 3.8) is 0 Å². The predicted molar refractivity (Wildman–Crippen MR) is 163 cm³/mol. The first-order valence-electron chi connectivity index (χ1n) is 16.8. The minimum atomic E-state index is -1.40. The normalized spacial score (nSPS) is 45.3. The van der Waals surface area contributed by atoms with E-state index in [-0.39, 0.29) is 11.5 Å². The average Bonchev–Trinajstić information content (AvgIpc) is 3.02. The van der Waals surface area contributed by atoms with Gasteiger partial charge in [-0.1, -0.05) is 78.2 Å². The number of aliphatic hydroxyl groups excluding tert-OH is 4. The zero-order chi connectivity index (χ0) is 29.9. The van der Waals surface area contributed by atoms with Crippen molar-refractivity contribution in [2.45, 2.75) is 143 Å². The van der Waals surface area contributed by atoms with Crippen LogP contribution in [0.15, 0.2) is 23.8 Å². The first-order chi connectivity index (χ1) is 19.5. The Kier molecular flexibility index (Phi) is 11.6. The Morgan fingerprint density at radius 3 is 2.46 bits per heavy atom. The van der Waals surface area contributed by atoms with Crippen LogP contribution in [0.2, 0.25) is 0 Å². The molecule has 0 spiro atoms. The summed E-state index contributed by atoms with van der Waals surface area (Å²) < 4.78 is 11.9. The van der Waals surface area contributed by atoms with E-state index in [2.05, 4.69) is 59.8 Å². The van der Waals surface area contributed by atoms with Crippen LogP contribution < -0.4 is 0 Å². The van der Waals surface area contributed by atoms with Crippen LogP contribution in [0, 0.1) is 46.8 Å². The second-order valence-electron chi connectivity index (χ2n) is 14.7. The molecule has 1 heterocycles. The van der Waals surface area contributed by atoms with Gasteiger partial charge in [-0.05, 0) is 98.2 Å². The number of hydrogen-bond acceptors (Lipinski definition) is 6. The van der Waals surface area contributed by atoms with Gasteiger partial charge in [-0.25, -0.2) is 0 Å². The third kappa shape index (κ3) is 7.32.